The van der Waals surface area contributed by atoms with Crippen molar-refractivity contribution >= 4 is 12.6 Å². The minimum absolute atomic E-state index is 0.819. The number of unbranched alkanes of at least 4 members (excludes halogenated alkanes) is 1. The average Bonchev–Trinajstić information content (AvgIpc) is 2.34. The molecule has 1 heteroatoms. The molecule has 0 saturated carbocycles. The fraction of sp³-hybridized carbons (Fsp3) is 0.500. The molecule has 0 aromatic heterocycles. The molecular formula is C16H26S. The predicted molar refractivity (Wildman–Crippen MR) is 83.5 cm³/mol. The number of allylic oxidation sites excluding steroid dienone is 7. The van der Waals surface area contributed by atoms with Crippen LogP contribution in [-0.4, -0.2) is 0 Å². The molecule has 0 heterocycles. The maximum Gasteiger partial charge on any atom is -0.0163 e. The van der Waals surface area contributed by atoms with Gasteiger partial charge in [-0.25, -0.2) is 0 Å². The van der Waals surface area contributed by atoms with E-state index in [-0.39, 0.29) is 0 Å². The first-order valence-electron chi connectivity index (χ1n) is 6.58. The van der Waals surface area contributed by atoms with E-state index >= 15 is 0 Å². The van der Waals surface area contributed by atoms with Crippen LogP contribution in [0.15, 0.2) is 47.9 Å². The molecular weight excluding hydrogens is 224 g/mol. The molecule has 0 nitrogen and oxygen atoms in total. The van der Waals surface area contributed by atoms with E-state index in [9.17, 15) is 0 Å². The average molecular weight is 250 g/mol. The maximum atomic E-state index is 3.97. The molecule has 0 aliphatic rings. The summed E-state index contributed by atoms with van der Waals surface area (Å²) in [5.74, 6) is 0.819. The highest BCUT2D eigenvalue weighted by Crippen LogP contribution is 2.11. The first-order valence-corrected chi connectivity index (χ1v) is 7.10. The summed E-state index contributed by atoms with van der Waals surface area (Å²) >= 11 is 3.97. The van der Waals surface area contributed by atoms with Gasteiger partial charge in [0.05, 0.1) is 0 Å². The van der Waals surface area contributed by atoms with Crippen LogP contribution in [0.2, 0.25) is 0 Å². The van der Waals surface area contributed by atoms with Crippen LogP contribution in [-0.2, 0) is 0 Å². The van der Waals surface area contributed by atoms with Crippen molar-refractivity contribution in [1.82, 2.24) is 0 Å². The van der Waals surface area contributed by atoms with Crippen LogP contribution in [0.4, 0.5) is 0 Å². The SMILES string of the molecule is CCCCC(C)CC=CC=CCC=CC=CS. The summed E-state index contributed by atoms with van der Waals surface area (Å²) in [5, 5.41) is 1.73. The van der Waals surface area contributed by atoms with E-state index in [1.54, 1.807) is 5.41 Å². The van der Waals surface area contributed by atoms with Gasteiger partial charge in [0.2, 0.25) is 0 Å². The van der Waals surface area contributed by atoms with Crippen molar-refractivity contribution in [3.8, 4) is 0 Å². The Labute approximate surface area is 113 Å². The van der Waals surface area contributed by atoms with Crippen molar-refractivity contribution in [2.24, 2.45) is 5.92 Å². The molecule has 0 aliphatic heterocycles. The quantitative estimate of drug-likeness (QED) is 0.393. The number of hydrogen-bond donors (Lipinski definition) is 1. The van der Waals surface area contributed by atoms with Gasteiger partial charge < -0.3 is 0 Å². The standard InChI is InChI=1S/C16H26S/c1-3-4-13-16(2)14-11-9-7-5-6-8-10-12-15-17/h5,7-12,15-17H,3-4,6,13-14H2,1-2H3. The topological polar surface area (TPSA) is 0 Å². The lowest BCUT2D eigenvalue weighted by Crippen LogP contribution is -1.91. The van der Waals surface area contributed by atoms with Crippen LogP contribution in [0.25, 0.3) is 0 Å². The van der Waals surface area contributed by atoms with E-state index in [4.69, 9.17) is 0 Å². The van der Waals surface area contributed by atoms with E-state index < -0.39 is 0 Å². The van der Waals surface area contributed by atoms with Crippen LogP contribution >= 0.6 is 12.6 Å². The Kier molecular flexibility index (Phi) is 12.8. The van der Waals surface area contributed by atoms with Crippen LogP contribution in [0, 0.1) is 5.92 Å². The lowest BCUT2D eigenvalue weighted by atomic mass is 10.0. The van der Waals surface area contributed by atoms with Crippen molar-refractivity contribution in [3.63, 3.8) is 0 Å². The van der Waals surface area contributed by atoms with Gasteiger partial charge in [-0.3, -0.25) is 0 Å². The zero-order valence-corrected chi connectivity index (χ0v) is 12.1. The molecule has 0 N–H and O–H groups in total. The summed E-state index contributed by atoms with van der Waals surface area (Å²) in [6.45, 7) is 4.58. The molecule has 0 saturated heterocycles. The zero-order chi connectivity index (χ0) is 12.8. The predicted octanol–water partition coefficient (Wildman–Crippen LogP) is 5.71. The maximum absolute atomic E-state index is 3.97. The lowest BCUT2D eigenvalue weighted by molar-refractivity contribution is 0.512. The second-order valence-corrected chi connectivity index (χ2v) is 4.64. The summed E-state index contributed by atoms with van der Waals surface area (Å²) < 4.78 is 0. The Bertz CT molecular complexity index is 259. The molecule has 0 aromatic carbocycles. The summed E-state index contributed by atoms with van der Waals surface area (Å²) in [7, 11) is 0. The van der Waals surface area contributed by atoms with Gasteiger partial charge in [0.1, 0.15) is 0 Å². The third kappa shape index (κ3) is 13.2. The molecule has 1 atom stereocenters. The van der Waals surface area contributed by atoms with Crippen molar-refractivity contribution in [2.75, 3.05) is 0 Å². The Hall–Kier alpha value is -0.690. The van der Waals surface area contributed by atoms with Crippen LogP contribution < -0.4 is 0 Å². The molecule has 0 rings (SSSR count). The largest absolute Gasteiger partial charge is 0.151 e. The van der Waals surface area contributed by atoms with Crippen molar-refractivity contribution < 1.29 is 0 Å². The van der Waals surface area contributed by atoms with E-state index in [1.807, 2.05) is 12.2 Å². The molecule has 0 radical (unpaired) electrons. The van der Waals surface area contributed by atoms with Crippen molar-refractivity contribution in [2.45, 2.75) is 46.0 Å². The monoisotopic (exact) mass is 250 g/mol. The fourth-order valence-corrected chi connectivity index (χ4v) is 1.60. The fourth-order valence-electron chi connectivity index (χ4n) is 1.50. The van der Waals surface area contributed by atoms with E-state index in [0.717, 1.165) is 12.3 Å². The number of thiol groups is 1. The van der Waals surface area contributed by atoms with Crippen LogP contribution in [0.1, 0.15) is 46.0 Å². The van der Waals surface area contributed by atoms with Gasteiger partial charge in [-0.1, -0.05) is 75.6 Å². The van der Waals surface area contributed by atoms with Crippen molar-refractivity contribution in [1.29, 1.82) is 0 Å². The Morgan fingerprint density at radius 3 is 2.29 bits per heavy atom. The van der Waals surface area contributed by atoms with Gasteiger partial charge in [0.15, 0.2) is 0 Å². The molecule has 1 unspecified atom stereocenters. The molecule has 0 amide bonds. The summed E-state index contributed by atoms with van der Waals surface area (Å²) in [5.41, 5.74) is 0. The summed E-state index contributed by atoms with van der Waals surface area (Å²) in [6.07, 6.45) is 20.9. The highest BCUT2D eigenvalue weighted by atomic mass is 32.1. The number of hydrogen-bond acceptors (Lipinski definition) is 1. The van der Waals surface area contributed by atoms with Gasteiger partial charge >= 0.3 is 0 Å². The minimum Gasteiger partial charge on any atom is -0.151 e. The Balaban J connectivity index is 3.55. The highest BCUT2D eigenvalue weighted by molar-refractivity contribution is 7.83. The van der Waals surface area contributed by atoms with E-state index in [1.165, 1.54) is 25.7 Å². The van der Waals surface area contributed by atoms with Gasteiger partial charge in [0, 0.05) is 0 Å². The number of rotatable bonds is 9. The van der Waals surface area contributed by atoms with Crippen LogP contribution in [0.3, 0.4) is 0 Å². The summed E-state index contributed by atoms with van der Waals surface area (Å²) in [6, 6.07) is 0. The third-order valence-electron chi connectivity index (χ3n) is 2.58. The molecule has 0 spiro atoms. The minimum atomic E-state index is 0.819. The second-order valence-electron chi connectivity index (χ2n) is 4.34. The summed E-state index contributed by atoms with van der Waals surface area (Å²) in [4.78, 5) is 0. The lowest BCUT2D eigenvalue weighted by Gasteiger charge is -2.05. The Morgan fingerprint density at radius 2 is 1.65 bits per heavy atom. The van der Waals surface area contributed by atoms with E-state index in [0.29, 0.717) is 0 Å². The van der Waals surface area contributed by atoms with Gasteiger partial charge in [-0.2, -0.15) is 12.6 Å². The normalized spacial score (nSPS) is 14.8. The van der Waals surface area contributed by atoms with Crippen LogP contribution in [0.5, 0.6) is 0 Å². The molecule has 0 aliphatic carbocycles. The molecule has 96 valence electrons. The zero-order valence-electron chi connectivity index (χ0n) is 11.2. The Morgan fingerprint density at radius 1 is 1.00 bits per heavy atom. The van der Waals surface area contributed by atoms with Crippen molar-refractivity contribution in [3.05, 3.63) is 47.9 Å². The molecule has 0 aromatic rings. The van der Waals surface area contributed by atoms with Gasteiger partial charge in [-0.05, 0) is 24.2 Å². The third-order valence-corrected chi connectivity index (χ3v) is 2.75. The first kappa shape index (κ1) is 16.3. The van der Waals surface area contributed by atoms with Gasteiger partial charge in [0.25, 0.3) is 0 Å². The molecule has 0 fully saturated rings. The highest BCUT2D eigenvalue weighted by Gasteiger charge is 1.96. The van der Waals surface area contributed by atoms with Gasteiger partial charge in [-0.15, -0.1) is 0 Å². The first-order chi connectivity index (χ1) is 8.31. The smallest absolute Gasteiger partial charge is 0.0163 e. The molecule has 0 bridgehead atoms. The second kappa shape index (κ2) is 13.4. The van der Waals surface area contributed by atoms with E-state index in [2.05, 4.69) is 56.9 Å². The molecule has 17 heavy (non-hydrogen) atoms.